The largest absolute Gasteiger partial charge is 0.492 e. The zero-order chi connectivity index (χ0) is 11.9. The highest BCUT2D eigenvalue weighted by molar-refractivity contribution is 5.98. The molecule has 0 fully saturated rings. The maximum atomic E-state index is 11.9. The van der Waals surface area contributed by atoms with Crippen LogP contribution in [-0.2, 0) is 9.53 Å². The number of ketones is 1. The number of ether oxygens (including phenoxy) is 1. The maximum Gasteiger partial charge on any atom is 0.162 e. The number of allylic oxidation sites excluding steroid dienone is 1. The molecule has 2 aliphatic rings. The molecule has 0 radical (unpaired) electrons. The van der Waals surface area contributed by atoms with E-state index in [9.17, 15) is 4.79 Å². The van der Waals surface area contributed by atoms with Crippen LogP contribution in [0.1, 0.15) is 40.0 Å². The second kappa shape index (κ2) is 3.62. The average molecular weight is 219 g/mol. The van der Waals surface area contributed by atoms with Crippen molar-refractivity contribution in [2.45, 2.75) is 46.1 Å². The molecule has 0 unspecified atom stereocenters. The SMILES string of the molecule is C[C@@H]1C2=C(O[C@H]1CC#N)C(C)(C)CCC2=O. The average Bonchev–Trinajstić information content (AvgIpc) is 2.54. The predicted molar refractivity (Wildman–Crippen MR) is 59.3 cm³/mol. The Labute approximate surface area is 96.1 Å². The van der Waals surface area contributed by atoms with Crippen LogP contribution in [0.5, 0.6) is 0 Å². The molecule has 0 saturated heterocycles. The van der Waals surface area contributed by atoms with E-state index in [4.69, 9.17) is 10.00 Å². The van der Waals surface area contributed by atoms with E-state index in [1.54, 1.807) is 0 Å². The number of carbonyl (C=O) groups is 1. The monoisotopic (exact) mass is 219 g/mol. The summed E-state index contributed by atoms with van der Waals surface area (Å²) >= 11 is 0. The Morgan fingerprint density at radius 2 is 2.25 bits per heavy atom. The van der Waals surface area contributed by atoms with Gasteiger partial charge in [-0.1, -0.05) is 20.8 Å². The highest BCUT2D eigenvalue weighted by atomic mass is 16.5. The summed E-state index contributed by atoms with van der Waals surface area (Å²) in [6, 6.07) is 2.13. The lowest BCUT2D eigenvalue weighted by molar-refractivity contribution is -0.117. The second-order valence-corrected chi connectivity index (χ2v) is 5.36. The molecule has 0 N–H and O–H groups in total. The summed E-state index contributed by atoms with van der Waals surface area (Å²) in [5, 5.41) is 8.74. The van der Waals surface area contributed by atoms with Crippen molar-refractivity contribution in [2.24, 2.45) is 11.3 Å². The fourth-order valence-corrected chi connectivity index (χ4v) is 2.60. The van der Waals surface area contributed by atoms with Crippen LogP contribution in [0.25, 0.3) is 0 Å². The molecule has 86 valence electrons. The summed E-state index contributed by atoms with van der Waals surface area (Å²) in [5.41, 5.74) is 0.790. The van der Waals surface area contributed by atoms with Crippen LogP contribution >= 0.6 is 0 Å². The van der Waals surface area contributed by atoms with Gasteiger partial charge in [-0.15, -0.1) is 0 Å². The lowest BCUT2D eigenvalue weighted by atomic mass is 9.75. The van der Waals surface area contributed by atoms with Crippen LogP contribution in [0, 0.1) is 22.7 Å². The minimum atomic E-state index is -0.128. The van der Waals surface area contributed by atoms with Gasteiger partial charge in [0.05, 0.1) is 12.5 Å². The molecule has 3 nitrogen and oxygen atoms in total. The third-order valence-corrected chi connectivity index (χ3v) is 3.71. The summed E-state index contributed by atoms with van der Waals surface area (Å²) in [5.74, 6) is 1.13. The summed E-state index contributed by atoms with van der Waals surface area (Å²) in [4.78, 5) is 11.9. The number of hydrogen-bond donors (Lipinski definition) is 0. The zero-order valence-electron chi connectivity index (χ0n) is 10.0. The van der Waals surface area contributed by atoms with Crippen LogP contribution in [0.15, 0.2) is 11.3 Å². The number of nitrogens with zero attached hydrogens (tertiary/aromatic N) is 1. The Morgan fingerprint density at radius 3 is 2.81 bits per heavy atom. The van der Waals surface area contributed by atoms with Gasteiger partial charge < -0.3 is 4.74 Å². The van der Waals surface area contributed by atoms with Gasteiger partial charge in [0.1, 0.15) is 11.9 Å². The molecule has 0 amide bonds. The van der Waals surface area contributed by atoms with Gasteiger partial charge >= 0.3 is 0 Å². The van der Waals surface area contributed by atoms with Crippen molar-refractivity contribution < 1.29 is 9.53 Å². The van der Waals surface area contributed by atoms with Gasteiger partial charge in [0.15, 0.2) is 5.78 Å². The first kappa shape index (κ1) is 11.2. The van der Waals surface area contributed by atoms with E-state index >= 15 is 0 Å². The van der Waals surface area contributed by atoms with Crippen LogP contribution in [0.4, 0.5) is 0 Å². The van der Waals surface area contributed by atoms with Crippen molar-refractivity contribution in [3.63, 3.8) is 0 Å². The zero-order valence-corrected chi connectivity index (χ0v) is 10.0. The van der Waals surface area contributed by atoms with Crippen molar-refractivity contribution in [1.29, 1.82) is 5.26 Å². The van der Waals surface area contributed by atoms with Crippen molar-refractivity contribution in [2.75, 3.05) is 0 Å². The fraction of sp³-hybridized carbons (Fsp3) is 0.692. The molecule has 2 atom stereocenters. The van der Waals surface area contributed by atoms with Gasteiger partial charge in [-0.2, -0.15) is 5.26 Å². The molecular weight excluding hydrogens is 202 g/mol. The molecule has 0 spiro atoms. The smallest absolute Gasteiger partial charge is 0.162 e. The van der Waals surface area contributed by atoms with E-state index < -0.39 is 0 Å². The van der Waals surface area contributed by atoms with Gasteiger partial charge in [0.25, 0.3) is 0 Å². The van der Waals surface area contributed by atoms with Crippen molar-refractivity contribution in [3.05, 3.63) is 11.3 Å². The normalized spacial score (nSPS) is 32.0. The Hall–Kier alpha value is -1.30. The maximum absolute atomic E-state index is 11.9. The van der Waals surface area contributed by atoms with Gasteiger partial charge in [-0.05, 0) is 6.42 Å². The predicted octanol–water partition coefficient (Wildman–Crippen LogP) is 2.58. The topological polar surface area (TPSA) is 50.1 Å². The summed E-state index contributed by atoms with van der Waals surface area (Å²) < 4.78 is 5.84. The molecule has 2 rings (SSSR count). The first-order chi connectivity index (χ1) is 7.47. The molecule has 16 heavy (non-hydrogen) atoms. The third kappa shape index (κ3) is 1.53. The van der Waals surface area contributed by atoms with Crippen molar-refractivity contribution >= 4 is 5.78 Å². The fourth-order valence-electron chi connectivity index (χ4n) is 2.60. The number of carbonyl (C=O) groups excluding carboxylic acids is 1. The van der Waals surface area contributed by atoms with Gasteiger partial charge in [-0.3, -0.25) is 4.79 Å². The van der Waals surface area contributed by atoms with E-state index in [0.29, 0.717) is 12.8 Å². The molecule has 0 aromatic rings. The minimum absolute atomic E-state index is 0.0539. The standard InChI is InChI=1S/C13H17NO2/c1-8-10(5-7-14)16-12-11(8)9(15)4-6-13(12,2)3/h8,10H,4-6H2,1-3H3/t8-,10-/m0/s1. The quantitative estimate of drug-likeness (QED) is 0.681. The van der Waals surface area contributed by atoms with E-state index in [1.807, 2.05) is 6.92 Å². The lowest BCUT2D eigenvalue weighted by Gasteiger charge is -2.30. The summed E-state index contributed by atoms with van der Waals surface area (Å²) in [7, 11) is 0. The van der Waals surface area contributed by atoms with Gasteiger partial charge in [0, 0.05) is 23.3 Å². The molecule has 1 aliphatic carbocycles. The Kier molecular flexibility index (Phi) is 2.53. The number of nitriles is 1. The molecular formula is C13H17NO2. The molecule has 0 aromatic heterocycles. The molecule has 0 bridgehead atoms. The van der Waals surface area contributed by atoms with E-state index in [1.165, 1.54) is 0 Å². The number of Topliss-reactive ketones (excluding diaryl/α,β-unsaturated/α-hetero) is 1. The Morgan fingerprint density at radius 1 is 1.56 bits per heavy atom. The molecule has 0 aromatic carbocycles. The highest BCUT2D eigenvalue weighted by Gasteiger charge is 2.45. The van der Waals surface area contributed by atoms with E-state index in [-0.39, 0.29) is 23.2 Å². The van der Waals surface area contributed by atoms with Crippen molar-refractivity contribution in [1.82, 2.24) is 0 Å². The summed E-state index contributed by atoms with van der Waals surface area (Å²) in [6.07, 6.45) is 1.68. The Bertz CT molecular complexity index is 401. The van der Waals surface area contributed by atoms with E-state index in [0.717, 1.165) is 17.8 Å². The summed E-state index contributed by atoms with van der Waals surface area (Å²) in [6.45, 7) is 6.20. The van der Waals surface area contributed by atoms with Crippen LogP contribution < -0.4 is 0 Å². The first-order valence-electron chi connectivity index (χ1n) is 5.79. The number of rotatable bonds is 1. The molecule has 1 heterocycles. The Balaban J connectivity index is 2.36. The minimum Gasteiger partial charge on any atom is -0.492 e. The first-order valence-corrected chi connectivity index (χ1v) is 5.79. The second-order valence-electron chi connectivity index (χ2n) is 5.36. The molecule has 1 aliphatic heterocycles. The third-order valence-electron chi connectivity index (χ3n) is 3.71. The van der Waals surface area contributed by atoms with Crippen LogP contribution in [0.2, 0.25) is 0 Å². The lowest BCUT2D eigenvalue weighted by Crippen LogP contribution is -2.25. The van der Waals surface area contributed by atoms with Gasteiger partial charge in [-0.25, -0.2) is 0 Å². The van der Waals surface area contributed by atoms with Gasteiger partial charge in [0.2, 0.25) is 0 Å². The molecule has 3 heteroatoms. The van der Waals surface area contributed by atoms with Crippen molar-refractivity contribution in [3.8, 4) is 6.07 Å². The van der Waals surface area contributed by atoms with Crippen LogP contribution in [0.3, 0.4) is 0 Å². The highest BCUT2D eigenvalue weighted by Crippen LogP contribution is 2.47. The van der Waals surface area contributed by atoms with Crippen LogP contribution in [-0.4, -0.2) is 11.9 Å². The number of hydrogen-bond acceptors (Lipinski definition) is 3. The van der Waals surface area contributed by atoms with E-state index in [2.05, 4.69) is 19.9 Å². The molecule has 0 saturated carbocycles.